The standard InChI is InChI=1S/C7H12O4.C7H16/c8-6(9)4-2-1-3-5-7(10)11;1-3-5-7-6-4-2/h1-5H2,(H,8,9)(H,10,11);3-7H2,1-2H3. The van der Waals surface area contributed by atoms with E-state index in [1.165, 1.54) is 32.1 Å². The molecule has 4 nitrogen and oxygen atoms in total. The van der Waals surface area contributed by atoms with Gasteiger partial charge in [-0.05, 0) is 12.8 Å². The van der Waals surface area contributed by atoms with Gasteiger partial charge in [-0.15, -0.1) is 0 Å². The molecule has 0 spiro atoms. The summed E-state index contributed by atoms with van der Waals surface area (Å²) in [7, 11) is 0. The Morgan fingerprint density at radius 3 is 1.28 bits per heavy atom. The summed E-state index contributed by atoms with van der Waals surface area (Å²) in [5, 5.41) is 16.4. The molecule has 0 aliphatic heterocycles. The number of hydrogen-bond donors (Lipinski definition) is 2. The van der Waals surface area contributed by atoms with E-state index < -0.39 is 11.9 Å². The highest BCUT2D eigenvalue weighted by Gasteiger charge is 1.98. The van der Waals surface area contributed by atoms with Crippen LogP contribution in [0.15, 0.2) is 0 Å². The Labute approximate surface area is 110 Å². The van der Waals surface area contributed by atoms with Crippen molar-refractivity contribution < 1.29 is 19.8 Å². The van der Waals surface area contributed by atoms with Crippen LogP contribution in [0, 0.1) is 0 Å². The smallest absolute Gasteiger partial charge is 0.303 e. The number of carbonyl (C=O) groups is 2. The van der Waals surface area contributed by atoms with Crippen molar-refractivity contribution in [2.45, 2.75) is 78.1 Å². The first-order valence-electron chi connectivity index (χ1n) is 6.98. The highest BCUT2D eigenvalue weighted by Crippen LogP contribution is 2.02. The molecule has 4 heteroatoms. The molecule has 0 bridgehead atoms. The Kier molecular flexibility index (Phi) is 17.1. The minimum atomic E-state index is -0.819. The number of carboxylic acids is 2. The third-order valence-electron chi connectivity index (χ3n) is 2.49. The van der Waals surface area contributed by atoms with E-state index >= 15 is 0 Å². The second-order valence-corrected chi connectivity index (χ2v) is 4.41. The van der Waals surface area contributed by atoms with Crippen molar-refractivity contribution in [2.75, 3.05) is 0 Å². The summed E-state index contributed by atoms with van der Waals surface area (Å²) in [5.74, 6) is -1.64. The number of carboxylic acid groups (broad SMARTS) is 2. The topological polar surface area (TPSA) is 74.6 Å². The summed E-state index contributed by atoms with van der Waals surface area (Å²) in [6.45, 7) is 4.49. The lowest BCUT2D eigenvalue weighted by Crippen LogP contribution is -1.96. The fourth-order valence-electron chi connectivity index (χ4n) is 1.41. The van der Waals surface area contributed by atoms with Crippen LogP contribution in [0.3, 0.4) is 0 Å². The molecule has 0 amide bonds. The zero-order valence-corrected chi connectivity index (χ0v) is 11.8. The average Bonchev–Trinajstić information content (AvgIpc) is 2.29. The van der Waals surface area contributed by atoms with Crippen molar-refractivity contribution in [3.8, 4) is 0 Å². The first-order valence-corrected chi connectivity index (χ1v) is 6.98. The fourth-order valence-corrected chi connectivity index (χ4v) is 1.41. The van der Waals surface area contributed by atoms with Gasteiger partial charge in [0.05, 0.1) is 0 Å². The van der Waals surface area contributed by atoms with E-state index in [-0.39, 0.29) is 12.8 Å². The lowest BCUT2D eigenvalue weighted by atomic mass is 10.1. The third kappa shape index (κ3) is 24.3. The Bertz CT molecular complexity index is 182. The van der Waals surface area contributed by atoms with Crippen LogP contribution in [0.2, 0.25) is 0 Å². The van der Waals surface area contributed by atoms with Gasteiger partial charge in [0, 0.05) is 12.8 Å². The molecule has 0 saturated carbocycles. The van der Waals surface area contributed by atoms with Gasteiger partial charge in [-0.2, -0.15) is 0 Å². The number of unbranched alkanes of at least 4 members (excludes halogenated alkanes) is 6. The lowest BCUT2D eigenvalue weighted by molar-refractivity contribution is -0.137. The molecule has 2 N–H and O–H groups in total. The van der Waals surface area contributed by atoms with E-state index in [4.69, 9.17) is 10.2 Å². The Morgan fingerprint density at radius 2 is 1.00 bits per heavy atom. The fraction of sp³-hybridized carbons (Fsp3) is 0.857. The molecule has 0 saturated heterocycles. The van der Waals surface area contributed by atoms with Crippen LogP contribution in [-0.4, -0.2) is 22.2 Å². The van der Waals surface area contributed by atoms with Gasteiger partial charge in [-0.25, -0.2) is 0 Å². The maximum atomic E-state index is 9.98. The molecule has 0 rings (SSSR count). The van der Waals surface area contributed by atoms with Crippen LogP contribution in [-0.2, 0) is 9.59 Å². The molecule has 18 heavy (non-hydrogen) atoms. The summed E-state index contributed by atoms with van der Waals surface area (Å²) in [6, 6.07) is 0. The predicted octanol–water partition coefficient (Wildman–Crippen LogP) is 4.08. The van der Waals surface area contributed by atoms with Gasteiger partial charge in [0.1, 0.15) is 0 Å². The molecule has 108 valence electrons. The molecular formula is C14H28O4. The van der Waals surface area contributed by atoms with Crippen molar-refractivity contribution in [1.82, 2.24) is 0 Å². The van der Waals surface area contributed by atoms with E-state index in [0.29, 0.717) is 19.3 Å². The van der Waals surface area contributed by atoms with E-state index in [9.17, 15) is 9.59 Å². The van der Waals surface area contributed by atoms with Gasteiger partial charge in [0.2, 0.25) is 0 Å². The van der Waals surface area contributed by atoms with Crippen molar-refractivity contribution in [3.63, 3.8) is 0 Å². The second kappa shape index (κ2) is 15.9. The molecule has 0 unspecified atom stereocenters. The van der Waals surface area contributed by atoms with Crippen molar-refractivity contribution >= 4 is 11.9 Å². The van der Waals surface area contributed by atoms with Crippen LogP contribution in [0.5, 0.6) is 0 Å². The summed E-state index contributed by atoms with van der Waals surface area (Å²) in [6.07, 6.45) is 9.11. The van der Waals surface area contributed by atoms with Crippen LogP contribution >= 0.6 is 0 Å². The molecule has 0 aromatic rings. The highest BCUT2D eigenvalue weighted by atomic mass is 16.4. The second-order valence-electron chi connectivity index (χ2n) is 4.41. The number of rotatable bonds is 10. The first kappa shape index (κ1) is 19.3. The average molecular weight is 260 g/mol. The Balaban J connectivity index is 0. The highest BCUT2D eigenvalue weighted by molar-refractivity contribution is 5.67. The predicted molar refractivity (Wildman–Crippen MR) is 72.8 cm³/mol. The molecule has 0 heterocycles. The molecule has 0 radical (unpaired) electrons. The Morgan fingerprint density at radius 1 is 0.667 bits per heavy atom. The van der Waals surface area contributed by atoms with Crippen molar-refractivity contribution in [3.05, 3.63) is 0 Å². The first-order chi connectivity index (χ1) is 8.54. The molecule has 0 aromatic carbocycles. The summed E-state index contributed by atoms with van der Waals surface area (Å²) >= 11 is 0. The van der Waals surface area contributed by atoms with Crippen molar-refractivity contribution in [1.29, 1.82) is 0 Å². The zero-order valence-electron chi connectivity index (χ0n) is 11.8. The molecule has 0 aliphatic rings. The quantitative estimate of drug-likeness (QED) is 0.580. The van der Waals surface area contributed by atoms with E-state index in [1.54, 1.807) is 0 Å². The van der Waals surface area contributed by atoms with Crippen LogP contribution in [0.1, 0.15) is 78.1 Å². The summed E-state index contributed by atoms with van der Waals surface area (Å²) in [5.41, 5.74) is 0. The summed E-state index contributed by atoms with van der Waals surface area (Å²) < 4.78 is 0. The van der Waals surface area contributed by atoms with Gasteiger partial charge < -0.3 is 10.2 Å². The Hall–Kier alpha value is -1.06. The van der Waals surface area contributed by atoms with Crippen LogP contribution in [0.25, 0.3) is 0 Å². The maximum absolute atomic E-state index is 9.98. The largest absolute Gasteiger partial charge is 0.481 e. The van der Waals surface area contributed by atoms with Gasteiger partial charge >= 0.3 is 11.9 Å². The van der Waals surface area contributed by atoms with E-state index in [2.05, 4.69) is 13.8 Å². The minimum Gasteiger partial charge on any atom is -0.481 e. The van der Waals surface area contributed by atoms with Crippen LogP contribution < -0.4 is 0 Å². The molecular weight excluding hydrogens is 232 g/mol. The van der Waals surface area contributed by atoms with Crippen molar-refractivity contribution in [2.24, 2.45) is 0 Å². The minimum absolute atomic E-state index is 0.139. The molecule has 0 fully saturated rings. The van der Waals surface area contributed by atoms with Gasteiger partial charge in [-0.3, -0.25) is 9.59 Å². The van der Waals surface area contributed by atoms with E-state index in [1.807, 2.05) is 0 Å². The summed E-state index contributed by atoms with van der Waals surface area (Å²) in [4.78, 5) is 20.0. The number of hydrogen-bond acceptors (Lipinski definition) is 2. The van der Waals surface area contributed by atoms with Gasteiger partial charge in [0.15, 0.2) is 0 Å². The lowest BCUT2D eigenvalue weighted by Gasteiger charge is -1.94. The monoisotopic (exact) mass is 260 g/mol. The SMILES string of the molecule is CCCCCCC.O=C(O)CCCCCC(=O)O. The maximum Gasteiger partial charge on any atom is 0.303 e. The van der Waals surface area contributed by atoms with Crippen LogP contribution in [0.4, 0.5) is 0 Å². The van der Waals surface area contributed by atoms with Gasteiger partial charge in [0.25, 0.3) is 0 Å². The zero-order chi connectivity index (χ0) is 14.2. The molecule has 0 aliphatic carbocycles. The normalized spacial score (nSPS) is 9.44. The molecule has 0 atom stereocenters. The van der Waals surface area contributed by atoms with E-state index in [0.717, 1.165) is 0 Å². The van der Waals surface area contributed by atoms with Gasteiger partial charge in [-0.1, -0.05) is 52.4 Å². The third-order valence-corrected chi connectivity index (χ3v) is 2.49. The molecule has 0 aromatic heterocycles. The number of aliphatic carboxylic acids is 2.